The molecule has 0 aliphatic carbocycles. The number of imide groups is 1. The van der Waals surface area contributed by atoms with Crippen molar-refractivity contribution in [2.75, 3.05) is 44.2 Å². The van der Waals surface area contributed by atoms with Crippen molar-refractivity contribution >= 4 is 29.3 Å². The Morgan fingerprint density at radius 2 is 1.52 bits per heavy atom. The van der Waals surface area contributed by atoms with Crippen LogP contribution >= 0.6 is 0 Å². The summed E-state index contributed by atoms with van der Waals surface area (Å²) in [5, 5.41) is 12.5. The molecule has 3 fully saturated rings. The third kappa shape index (κ3) is 6.68. The van der Waals surface area contributed by atoms with Crippen molar-refractivity contribution in [1.29, 1.82) is 0 Å². The van der Waals surface area contributed by atoms with Gasteiger partial charge in [0.1, 0.15) is 17.5 Å². The minimum Gasteiger partial charge on any atom is -0.508 e. The number of phenols is 1. The van der Waals surface area contributed by atoms with Crippen LogP contribution in [0.1, 0.15) is 94.1 Å². The lowest BCUT2D eigenvalue weighted by Gasteiger charge is -2.47. The first-order chi connectivity index (χ1) is 28.2. The van der Waals surface area contributed by atoms with Crippen LogP contribution in [0.4, 0.5) is 5.69 Å². The molecule has 0 saturated carbocycles. The summed E-state index contributed by atoms with van der Waals surface area (Å²) < 4.78 is 6.18. The van der Waals surface area contributed by atoms with Crippen molar-refractivity contribution in [1.82, 2.24) is 20.0 Å². The highest BCUT2D eigenvalue weighted by atomic mass is 16.5. The van der Waals surface area contributed by atoms with Crippen molar-refractivity contribution in [2.24, 2.45) is 5.41 Å². The number of phenolic OH excluding ortho intramolecular Hbond substituents is 1. The molecule has 11 heteroatoms. The van der Waals surface area contributed by atoms with Crippen LogP contribution < -0.4 is 15.0 Å². The third-order valence-electron chi connectivity index (χ3n) is 14.0. The number of aromatic hydroxyl groups is 1. The van der Waals surface area contributed by atoms with Crippen molar-refractivity contribution < 1.29 is 29.0 Å². The van der Waals surface area contributed by atoms with Crippen LogP contribution in [0, 0.1) is 5.41 Å². The number of carbonyl (C=O) groups is 4. The van der Waals surface area contributed by atoms with Crippen LogP contribution in [0.5, 0.6) is 11.5 Å². The Labute approximate surface area is 338 Å². The molecule has 0 aromatic heterocycles. The fraction of sp³-hybridized carbons (Fsp3) is 0.404. The molecular weight excluding hydrogens is 731 g/mol. The minimum atomic E-state index is -0.631. The topological polar surface area (TPSA) is 123 Å². The van der Waals surface area contributed by atoms with E-state index in [1.54, 1.807) is 17.0 Å². The van der Waals surface area contributed by atoms with E-state index in [0.717, 1.165) is 79.9 Å². The molecule has 58 heavy (non-hydrogen) atoms. The van der Waals surface area contributed by atoms with Gasteiger partial charge in [-0.2, -0.15) is 0 Å². The van der Waals surface area contributed by atoms with Gasteiger partial charge >= 0.3 is 0 Å². The lowest BCUT2D eigenvalue weighted by Crippen LogP contribution is -2.52. The van der Waals surface area contributed by atoms with Crippen LogP contribution in [-0.4, -0.2) is 88.8 Å². The molecule has 1 spiro atoms. The molecule has 10 rings (SSSR count). The van der Waals surface area contributed by atoms with Gasteiger partial charge in [-0.3, -0.25) is 29.4 Å². The van der Waals surface area contributed by atoms with Crippen molar-refractivity contribution in [3.05, 3.63) is 124 Å². The van der Waals surface area contributed by atoms with E-state index in [-0.39, 0.29) is 41.7 Å². The first-order valence-corrected chi connectivity index (χ1v) is 20.9. The van der Waals surface area contributed by atoms with E-state index in [1.807, 2.05) is 29.2 Å². The Morgan fingerprint density at radius 1 is 0.793 bits per heavy atom. The largest absolute Gasteiger partial charge is 0.508 e. The highest BCUT2D eigenvalue weighted by Gasteiger charge is 2.42. The van der Waals surface area contributed by atoms with E-state index in [0.29, 0.717) is 50.2 Å². The maximum atomic E-state index is 13.6. The molecule has 3 atom stereocenters. The number of hydrogen-bond acceptors (Lipinski definition) is 8. The smallest absolute Gasteiger partial charge is 0.255 e. The summed E-state index contributed by atoms with van der Waals surface area (Å²) in [6, 6.07) is 28.5. The quantitative estimate of drug-likeness (QED) is 0.240. The summed E-state index contributed by atoms with van der Waals surface area (Å²) in [6.45, 7) is 6.22. The first kappa shape index (κ1) is 36.6. The van der Waals surface area contributed by atoms with Gasteiger partial charge in [-0.25, -0.2) is 0 Å². The number of rotatable bonds is 6. The SMILES string of the molecule is O=C1CCC(N2Cc3cc4c(cc3C2=O)CN(C(=O)CN2CCC3(CC2)CCN(c2ccc([C@@H]5c6ccc(O)cc6OC[C@@H]5c5ccccc5)cc2)CC3)C4)C(=O)N1. The predicted molar refractivity (Wildman–Crippen MR) is 217 cm³/mol. The summed E-state index contributed by atoms with van der Waals surface area (Å²) in [5.74, 6) is 0.504. The molecule has 1 unspecified atom stereocenters. The molecule has 4 amide bonds. The molecule has 4 aromatic carbocycles. The Hall–Kier alpha value is -5.68. The second kappa shape index (κ2) is 14.6. The van der Waals surface area contributed by atoms with E-state index >= 15 is 0 Å². The number of fused-ring (bicyclic) bond motifs is 3. The monoisotopic (exact) mass is 779 g/mol. The number of benzene rings is 4. The first-order valence-electron chi connectivity index (χ1n) is 20.9. The molecule has 3 saturated heterocycles. The minimum absolute atomic E-state index is 0.120. The highest BCUT2D eigenvalue weighted by Crippen LogP contribution is 2.48. The lowest BCUT2D eigenvalue weighted by atomic mass is 9.71. The number of hydrogen-bond donors (Lipinski definition) is 2. The second-order valence-electron chi connectivity index (χ2n) is 17.3. The molecule has 298 valence electrons. The predicted octanol–water partition coefficient (Wildman–Crippen LogP) is 5.69. The van der Waals surface area contributed by atoms with Gasteiger partial charge in [0.2, 0.25) is 17.7 Å². The van der Waals surface area contributed by atoms with Gasteiger partial charge in [-0.15, -0.1) is 0 Å². The van der Waals surface area contributed by atoms with Crippen LogP contribution in [0.2, 0.25) is 0 Å². The Morgan fingerprint density at radius 3 is 2.26 bits per heavy atom. The van der Waals surface area contributed by atoms with Gasteiger partial charge < -0.3 is 24.5 Å². The van der Waals surface area contributed by atoms with E-state index in [9.17, 15) is 24.3 Å². The zero-order valence-electron chi connectivity index (χ0n) is 32.7. The third-order valence-corrected chi connectivity index (χ3v) is 14.0. The van der Waals surface area contributed by atoms with Gasteiger partial charge in [-0.05, 0) is 103 Å². The molecule has 6 heterocycles. The van der Waals surface area contributed by atoms with E-state index in [2.05, 4.69) is 63.6 Å². The second-order valence-corrected chi connectivity index (χ2v) is 17.3. The van der Waals surface area contributed by atoms with Crippen LogP contribution in [-0.2, 0) is 34.0 Å². The fourth-order valence-electron chi connectivity index (χ4n) is 10.6. The number of anilines is 1. The van der Waals surface area contributed by atoms with E-state index in [1.165, 1.54) is 16.8 Å². The Balaban J connectivity index is 0.725. The number of carbonyl (C=O) groups excluding carboxylic acids is 4. The Kier molecular flexibility index (Phi) is 9.23. The van der Waals surface area contributed by atoms with Crippen LogP contribution in [0.15, 0.2) is 84.9 Å². The lowest BCUT2D eigenvalue weighted by molar-refractivity contribution is -0.137. The highest BCUT2D eigenvalue weighted by molar-refractivity contribution is 6.05. The number of likely N-dealkylation sites (tertiary alicyclic amines) is 1. The van der Waals surface area contributed by atoms with E-state index < -0.39 is 11.9 Å². The maximum absolute atomic E-state index is 13.6. The van der Waals surface area contributed by atoms with Crippen LogP contribution in [0.3, 0.4) is 0 Å². The van der Waals surface area contributed by atoms with Crippen molar-refractivity contribution in [3.63, 3.8) is 0 Å². The van der Waals surface area contributed by atoms with Gasteiger partial charge in [0.15, 0.2) is 0 Å². The number of nitrogens with zero attached hydrogens (tertiary/aromatic N) is 4. The number of ether oxygens (including phenoxy) is 1. The summed E-state index contributed by atoms with van der Waals surface area (Å²) in [6.07, 6.45) is 5.08. The maximum Gasteiger partial charge on any atom is 0.255 e. The molecule has 6 aliphatic heterocycles. The normalized spacial score (nSPS) is 24.0. The number of piperidine rings is 3. The van der Waals surface area contributed by atoms with Gasteiger partial charge in [0, 0.05) is 73.9 Å². The average molecular weight is 780 g/mol. The summed E-state index contributed by atoms with van der Waals surface area (Å²) in [5.41, 5.74) is 8.71. The van der Waals surface area contributed by atoms with Crippen LogP contribution in [0.25, 0.3) is 0 Å². The average Bonchev–Trinajstić information content (AvgIpc) is 3.81. The fourth-order valence-corrected chi connectivity index (χ4v) is 10.6. The standard InChI is InChI=1S/C47H49N5O6/c53-36-10-11-37-41(24-36)58-29-39(30-4-2-1-3-5-30)44(37)31-6-8-35(9-7-31)50-20-16-47(17-21-50)14-18-49(19-15-47)28-43(55)51-25-32-22-34-27-52(40-12-13-42(54)48-45(40)56)46(57)38(34)23-33(32)26-51/h1-11,22-24,39-40,44,53H,12-21,25-29H2,(H,48,54,56)/t39-,40?,44-/m1/s1. The molecule has 0 radical (unpaired) electrons. The molecule has 11 nitrogen and oxygen atoms in total. The molecular formula is C47H49N5O6. The summed E-state index contributed by atoms with van der Waals surface area (Å²) in [4.78, 5) is 59.4. The summed E-state index contributed by atoms with van der Waals surface area (Å²) >= 11 is 0. The van der Waals surface area contributed by atoms with Gasteiger partial charge in [-0.1, -0.05) is 54.6 Å². The zero-order chi connectivity index (χ0) is 39.5. The zero-order valence-corrected chi connectivity index (χ0v) is 32.7. The molecule has 2 N–H and O–H groups in total. The molecule has 0 bridgehead atoms. The van der Waals surface area contributed by atoms with Crippen molar-refractivity contribution in [2.45, 2.75) is 76.0 Å². The molecule has 4 aromatic rings. The molecule has 6 aliphatic rings. The van der Waals surface area contributed by atoms with E-state index in [4.69, 9.17) is 4.74 Å². The number of nitrogens with one attached hydrogen (secondary N) is 1. The number of amides is 4. The van der Waals surface area contributed by atoms with Gasteiger partial charge in [0.25, 0.3) is 5.91 Å². The Bertz CT molecular complexity index is 2280. The summed E-state index contributed by atoms with van der Waals surface area (Å²) in [7, 11) is 0. The van der Waals surface area contributed by atoms with Crippen molar-refractivity contribution in [3.8, 4) is 11.5 Å². The van der Waals surface area contributed by atoms with Gasteiger partial charge in [0.05, 0.1) is 13.2 Å².